The molecule has 120 valence electrons. The third-order valence-electron chi connectivity index (χ3n) is 5.45. The first-order valence-corrected chi connectivity index (χ1v) is 8.14. The van der Waals surface area contributed by atoms with Crippen molar-refractivity contribution in [2.24, 2.45) is 17.1 Å². The van der Waals surface area contributed by atoms with Gasteiger partial charge in [0, 0.05) is 19.8 Å². The van der Waals surface area contributed by atoms with Crippen LogP contribution in [0, 0.1) is 11.3 Å². The van der Waals surface area contributed by atoms with Gasteiger partial charge in [0.15, 0.2) is 0 Å². The first-order valence-electron chi connectivity index (χ1n) is 8.14. The summed E-state index contributed by atoms with van der Waals surface area (Å²) in [5.41, 5.74) is 6.54. The average Bonchev–Trinajstić information content (AvgIpc) is 2.40. The summed E-state index contributed by atoms with van der Waals surface area (Å²) in [6.07, 6.45) is 5.78. The van der Waals surface area contributed by atoms with Gasteiger partial charge in [0.2, 0.25) is 0 Å². The molecule has 0 aromatic rings. The van der Waals surface area contributed by atoms with Crippen LogP contribution in [0.1, 0.15) is 66.7 Å². The lowest BCUT2D eigenvalue weighted by atomic mass is 9.68. The Morgan fingerprint density at radius 3 is 2.35 bits per heavy atom. The lowest BCUT2D eigenvalue weighted by Gasteiger charge is -2.42. The molecule has 0 bridgehead atoms. The van der Waals surface area contributed by atoms with E-state index in [1.807, 2.05) is 0 Å². The molecule has 0 radical (unpaired) electrons. The standard InChI is InChI=1S/C17H35NO2/c1-7-16(2,3)13-8-9-14(18)15(12-13)20-11-10-17(4,5)19-6/h13-15H,7-12,18H2,1-6H3. The average molecular weight is 285 g/mol. The van der Waals surface area contributed by atoms with Crippen molar-refractivity contribution in [2.75, 3.05) is 13.7 Å². The molecule has 3 atom stereocenters. The summed E-state index contributed by atoms with van der Waals surface area (Å²) in [6, 6.07) is 0.199. The Morgan fingerprint density at radius 1 is 1.15 bits per heavy atom. The van der Waals surface area contributed by atoms with Crippen LogP contribution >= 0.6 is 0 Å². The first kappa shape index (κ1) is 17.9. The molecule has 2 N–H and O–H groups in total. The fourth-order valence-corrected chi connectivity index (χ4v) is 2.90. The fourth-order valence-electron chi connectivity index (χ4n) is 2.90. The lowest BCUT2D eigenvalue weighted by Crippen LogP contribution is -2.45. The van der Waals surface area contributed by atoms with Gasteiger partial charge in [-0.05, 0) is 50.9 Å². The summed E-state index contributed by atoms with van der Waals surface area (Å²) in [5.74, 6) is 0.729. The van der Waals surface area contributed by atoms with E-state index < -0.39 is 0 Å². The van der Waals surface area contributed by atoms with E-state index in [1.54, 1.807) is 7.11 Å². The van der Waals surface area contributed by atoms with E-state index in [0.29, 0.717) is 5.41 Å². The van der Waals surface area contributed by atoms with Crippen LogP contribution in [0.15, 0.2) is 0 Å². The van der Waals surface area contributed by atoms with E-state index in [1.165, 1.54) is 12.8 Å². The number of nitrogens with two attached hydrogens (primary N) is 1. The van der Waals surface area contributed by atoms with E-state index in [9.17, 15) is 0 Å². The predicted octanol–water partition coefficient (Wildman–Crippen LogP) is 3.75. The molecule has 0 aliphatic heterocycles. The molecule has 1 saturated carbocycles. The minimum absolute atomic E-state index is 0.110. The fraction of sp³-hybridized carbons (Fsp3) is 1.00. The second kappa shape index (κ2) is 7.24. The minimum Gasteiger partial charge on any atom is -0.379 e. The number of rotatable bonds is 7. The second-order valence-electron chi connectivity index (χ2n) is 7.64. The number of hydrogen-bond acceptors (Lipinski definition) is 3. The van der Waals surface area contributed by atoms with E-state index in [4.69, 9.17) is 15.2 Å². The monoisotopic (exact) mass is 285 g/mol. The molecule has 20 heavy (non-hydrogen) atoms. The van der Waals surface area contributed by atoms with Crippen LogP contribution in [-0.2, 0) is 9.47 Å². The molecule has 3 nitrogen and oxygen atoms in total. The Kier molecular flexibility index (Phi) is 6.49. The van der Waals surface area contributed by atoms with Crippen LogP contribution in [0.4, 0.5) is 0 Å². The zero-order chi connectivity index (χ0) is 15.4. The van der Waals surface area contributed by atoms with Gasteiger partial charge in [-0.3, -0.25) is 0 Å². The Bertz CT molecular complexity index is 289. The van der Waals surface area contributed by atoms with E-state index >= 15 is 0 Å². The van der Waals surface area contributed by atoms with Crippen LogP contribution in [-0.4, -0.2) is 31.5 Å². The topological polar surface area (TPSA) is 44.5 Å². The molecule has 0 saturated heterocycles. The van der Waals surface area contributed by atoms with Gasteiger partial charge in [-0.25, -0.2) is 0 Å². The maximum absolute atomic E-state index is 6.25. The van der Waals surface area contributed by atoms with Crippen molar-refractivity contribution in [1.29, 1.82) is 0 Å². The third kappa shape index (κ3) is 5.01. The van der Waals surface area contributed by atoms with Gasteiger partial charge in [-0.2, -0.15) is 0 Å². The number of hydrogen-bond donors (Lipinski definition) is 1. The van der Waals surface area contributed by atoms with Gasteiger partial charge in [0.1, 0.15) is 0 Å². The zero-order valence-electron chi connectivity index (χ0n) is 14.4. The Morgan fingerprint density at radius 2 is 1.80 bits per heavy atom. The molecule has 1 aliphatic carbocycles. The van der Waals surface area contributed by atoms with Crippen LogP contribution < -0.4 is 5.73 Å². The normalized spacial score (nSPS) is 28.6. The first-order chi connectivity index (χ1) is 9.22. The molecular weight excluding hydrogens is 250 g/mol. The van der Waals surface area contributed by atoms with Crippen molar-refractivity contribution in [1.82, 2.24) is 0 Å². The Hall–Kier alpha value is -0.120. The summed E-state index contributed by atoms with van der Waals surface area (Å²) in [7, 11) is 1.76. The summed E-state index contributed by atoms with van der Waals surface area (Å²) in [4.78, 5) is 0. The molecule has 0 aromatic heterocycles. The van der Waals surface area contributed by atoms with Gasteiger partial charge < -0.3 is 15.2 Å². The zero-order valence-corrected chi connectivity index (χ0v) is 14.4. The molecule has 0 heterocycles. The number of methoxy groups -OCH3 is 1. The van der Waals surface area contributed by atoms with Crippen molar-refractivity contribution < 1.29 is 9.47 Å². The highest BCUT2D eigenvalue weighted by atomic mass is 16.5. The summed E-state index contributed by atoms with van der Waals surface area (Å²) in [6.45, 7) is 12.0. The van der Waals surface area contributed by atoms with Gasteiger partial charge in [0.05, 0.1) is 11.7 Å². The van der Waals surface area contributed by atoms with E-state index in [0.717, 1.165) is 31.8 Å². The molecule has 1 rings (SSSR count). The number of ether oxygens (including phenoxy) is 2. The molecule has 1 fully saturated rings. The minimum atomic E-state index is -0.110. The molecule has 3 heteroatoms. The molecular formula is C17H35NO2. The maximum atomic E-state index is 6.25. The van der Waals surface area contributed by atoms with Gasteiger partial charge in [0.25, 0.3) is 0 Å². The highest BCUT2D eigenvalue weighted by molar-refractivity contribution is 4.89. The van der Waals surface area contributed by atoms with Crippen molar-refractivity contribution in [3.63, 3.8) is 0 Å². The molecule has 3 unspecified atom stereocenters. The summed E-state index contributed by atoms with van der Waals surface area (Å²) in [5, 5.41) is 0. The van der Waals surface area contributed by atoms with E-state index in [-0.39, 0.29) is 17.7 Å². The second-order valence-corrected chi connectivity index (χ2v) is 7.64. The van der Waals surface area contributed by atoms with Crippen molar-refractivity contribution in [2.45, 2.75) is 84.5 Å². The van der Waals surface area contributed by atoms with E-state index in [2.05, 4.69) is 34.6 Å². The van der Waals surface area contributed by atoms with Crippen molar-refractivity contribution in [3.8, 4) is 0 Å². The van der Waals surface area contributed by atoms with Crippen LogP contribution in [0.3, 0.4) is 0 Å². The van der Waals surface area contributed by atoms with Gasteiger partial charge >= 0.3 is 0 Å². The Labute approximate surface area is 125 Å². The highest BCUT2D eigenvalue weighted by Gasteiger charge is 2.36. The highest BCUT2D eigenvalue weighted by Crippen LogP contribution is 2.41. The summed E-state index contributed by atoms with van der Waals surface area (Å²) < 4.78 is 11.5. The predicted molar refractivity (Wildman–Crippen MR) is 84.8 cm³/mol. The molecule has 0 amide bonds. The van der Waals surface area contributed by atoms with Crippen LogP contribution in [0.25, 0.3) is 0 Å². The van der Waals surface area contributed by atoms with Gasteiger partial charge in [-0.15, -0.1) is 0 Å². The maximum Gasteiger partial charge on any atom is 0.0728 e. The smallest absolute Gasteiger partial charge is 0.0728 e. The molecule has 1 aliphatic rings. The lowest BCUT2D eigenvalue weighted by molar-refractivity contribution is -0.0547. The van der Waals surface area contributed by atoms with Crippen LogP contribution in [0.5, 0.6) is 0 Å². The third-order valence-corrected chi connectivity index (χ3v) is 5.45. The van der Waals surface area contributed by atoms with Crippen molar-refractivity contribution in [3.05, 3.63) is 0 Å². The Balaban J connectivity index is 2.47. The van der Waals surface area contributed by atoms with Crippen LogP contribution in [0.2, 0.25) is 0 Å². The SMILES string of the molecule is CCC(C)(C)C1CCC(N)C(OCCC(C)(C)OC)C1. The largest absolute Gasteiger partial charge is 0.379 e. The molecule has 0 aromatic carbocycles. The quantitative estimate of drug-likeness (QED) is 0.775. The molecule has 0 spiro atoms. The summed E-state index contributed by atoms with van der Waals surface area (Å²) >= 11 is 0. The van der Waals surface area contributed by atoms with Gasteiger partial charge in [-0.1, -0.05) is 27.2 Å². The van der Waals surface area contributed by atoms with Crippen molar-refractivity contribution >= 4 is 0 Å².